The summed E-state index contributed by atoms with van der Waals surface area (Å²) in [7, 11) is -2.56. The van der Waals surface area contributed by atoms with E-state index in [2.05, 4.69) is 4.98 Å². The SMILES string of the molecule is CC(=O)ON(Cc1ccc(OCCc2nc(-c3ccc(C)cc3)oc2C)cc1)S(=O)(=O)N(C)C(C)C. The van der Waals surface area contributed by atoms with Crippen molar-refractivity contribution >= 4 is 16.2 Å². The lowest BCUT2D eigenvalue weighted by atomic mass is 10.1. The Morgan fingerprint density at radius 2 is 1.69 bits per heavy atom. The predicted octanol–water partition coefficient (Wildman–Crippen LogP) is 4.45. The number of aryl methyl sites for hydroxylation is 2. The Morgan fingerprint density at radius 1 is 1.06 bits per heavy atom. The standard InChI is InChI=1S/C26H33N3O6S/c1-18(2)28(6)36(31,32)29(35-21(5)30)17-22-9-13-24(14-10-22)33-16-15-25-20(4)34-26(27-25)23-11-7-19(3)8-12-23/h7-14,18H,15-17H2,1-6H3. The Balaban J connectivity index is 1.61. The molecule has 0 N–H and O–H groups in total. The van der Waals surface area contributed by atoms with Gasteiger partial charge in [-0.1, -0.05) is 29.8 Å². The van der Waals surface area contributed by atoms with Gasteiger partial charge >= 0.3 is 16.2 Å². The number of carbonyl (C=O) groups excluding carboxylic acids is 1. The van der Waals surface area contributed by atoms with Gasteiger partial charge in [0.15, 0.2) is 0 Å². The van der Waals surface area contributed by atoms with E-state index in [0.29, 0.717) is 34.7 Å². The van der Waals surface area contributed by atoms with E-state index in [9.17, 15) is 13.2 Å². The van der Waals surface area contributed by atoms with E-state index in [0.717, 1.165) is 28.2 Å². The molecule has 0 spiro atoms. The molecule has 0 amide bonds. The third-order valence-electron chi connectivity index (χ3n) is 5.61. The van der Waals surface area contributed by atoms with E-state index < -0.39 is 16.2 Å². The maximum atomic E-state index is 12.8. The van der Waals surface area contributed by atoms with Crippen LogP contribution in [-0.4, -0.2) is 47.8 Å². The first-order valence-corrected chi connectivity index (χ1v) is 13.1. The topological polar surface area (TPSA) is 102 Å². The number of hydroxylamine groups is 1. The minimum absolute atomic E-state index is 0.126. The minimum Gasteiger partial charge on any atom is -0.493 e. The van der Waals surface area contributed by atoms with Crippen LogP contribution in [0.4, 0.5) is 0 Å². The van der Waals surface area contributed by atoms with Crippen molar-refractivity contribution in [2.24, 2.45) is 0 Å². The second-order valence-electron chi connectivity index (χ2n) is 8.79. The molecule has 0 radical (unpaired) electrons. The van der Waals surface area contributed by atoms with Gasteiger partial charge < -0.3 is 14.0 Å². The van der Waals surface area contributed by atoms with Crippen LogP contribution in [0.25, 0.3) is 11.5 Å². The minimum atomic E-state index is -4.00. The molecule has 9 nitrogen and oxygen atoms in total. The van der Waals surface area contributed by atoms with Crippen LogP contribution in [0.2, 0.25) is 0 Å². The summed E-state index contributed by atoms with van der Waals surface area (Å²) in [4.78, 5) is 21.1. The largest absolute Gasteiger partial charge is 0.493 e. The van der Waals surface area contributed by atoms with E-state index >= 15 is 0 Å². The summed E-state index contributed by atoms with van der Waals surface area (Å²) in [5, 5.41) is 0. The highest BCUT2D eigenvalue weighted by atomic mass is 32.2. The summed E-state index contributed by atoms with van der Waals surface area (Å²) in [5.74, 6) is 1.24. The predicted molar refractivity (Wildman–Crippen MR) is 136 cm³/mol. The fraction of sp³-hybridized carbons (Fsp3) is 0.385. The number of hydrogen-bond acceptors (Lipinski definition) is 7. The van der Waals surface area contributed by atoms with Crippen molar-refractivity contribution in [2.75, 3.05) is 13.7 Å². The highest BCUT2D eigenvalue weighted by Crippen LogP contribution is 2.23. The fourth-order valence-corrected chi connectivity index (χ4v) is 4.63. The van der Waals surface area contributed by atoms with Crippen molar-refractivity contribution in [3.05, 3.63) is 71.1 Å². The molecule has 0 unspecified atom stereocenters. The van der Waals surface area contributed by atoms with Crippen LogP contribution < -0.4 is 4.74 Å². The first kappa shape index (κ1) is 27.4. The van der Waals surface area contributed by atoms with Crippen LogP contribution in [0.3, 0.4) is 0 Å². The number of aromatic nitrogens is 1. The van der Waals surface area contributed by atoms with Gasteiger partial charge in [0, 0.05) is 32.0 Å². The summed E-state index contributed by atoms with van der Waals surface area (Å²) in [6.45, 7) is 8.82. The molecule has 10 heteroatoms. The average molecular weight is 516 g/mol. The van der Waals surface area contributed by atoms with Crippen LogP contribution in [0.1, 0.15) is 43.4 Å². The smallest absolute Gasteiger partial charge is 0.323 e. The van der Waals surface area contributed by atoms with E-state index in [1.54, 1.807) is 38.1 Å². The average Bonchev–Trinajstić information content (AvgIpc) is 3.19. The van der Waals surface area contributed by atoms with E-state index in [4.69, 9.17) is 14.0 Å². The van der Waals surface area contributed by atoms with Crippen molar-refractivity contribution in [1.82, 2.24) is 13.8 Å². The maximum Gasteiger partial charge on any atom is 0.323 e. The second-order valence-corrected chi connectivity index (χ2v) is 10.7. The molecule has 0 bridgehead atoms. The summed E-state index contributed by atoms with van der Waals surface area (Å²) < 4.78 is 39.2. The molecule has 1 aromatic heterocycles. The zero-order valence-corrected chi connectivity index (χ0v) is 22.3. The summed E-state index contributed by atoms with van der Waals surface area (Å²) in [6, 6.07) is 14.6. The third kappa shape index (κ3) is 6.93. The van der Waals surface area contributed by atoms with Crippen molar-refractivity contribution in [1.29, 1.82) is 0 Å². The van der Waals surface area contributed by atoms with E-state index in [1.807, 2.05) is 38.1 Å². The van der Waals surface area contributed by atoms with Gasteiger partial charge in [-0.15, -0.1) is 0 Å². The highest BCUT2D eigenvalue weighted by molar-refractivity contribution is 7.86. The number of benzene rings is 2. The van der Waals surface area contributed by atoms with Crippen molar-refractivity contribution in [3.63, 3.8) is 0 Å². The van der Waals surface area contributed by atoms with Crippen molar-refractivity contribution in [2.45, 2.75) is 53.6 Å². The summed E-state index contributed by atoms with van der Waals surface area (Å²) >= 11 is 0. The Bertz CT molecular complexity index is 1270. The third-order valence-corrected chi connectivity index (χ3v) is 7.48. The number of carbonyl (C=O) groups is 1. The molecule has 3 rings (SSSR count). The van der Waals surface area contributed by atoms with Gasteiger partial charge in [0.05, 0.1) is 18.8 Å². The van der Waals surface area contributed by atoms with Gasteiger partial charge in [0.1, 0.15) is 11.5 Å². The molecule has 0 atom stereocenters. The van der Waals surface area contributed by atoms with Crippen LogP contribution in [0, 0.1) is 13.8 Å². The first-order valence-electron chi connectivity index (χ1n) is 11.7. The van der Waals surface area contributed by atoms with Crippen LogP contribution in [0.5, 0.6) is 5.75 Å². The second kappa shape index (κ2) is 11.7. The van der Waals surface area contributed by atoms with Crippen molar-refractivity contribution in [3.8, 4) is 17.2 Å². The van der Waals surface area contributed by atoms with E-state index in [-0.39, 0.29) is 12.6 Å². The van der Waals surface area contributed by atoms with E-state index in [1.165, 1.54) is 12.6 Å². The number of rotatable bonds is 11. The summed E-state index contributed by atoms with van der Waals surface area (Å²) in [5.41, 5.74) is 3.57. The van der Waals surface area contributed by atoms with Gasteiger partial charge in [0.25, 0.3) is 0 Å². The molecule has 194 valence electrons. The van der Waals surface area contributed by atoms with Crippen LogP contribution in [-0.2, 0) is 32.8 Å². The van der Waals surface area contributed by atoms with Gasteiger partial charge in [0.2, 0.25) is 5.89 Å². The Kier molecular flexibility index (Phi) is 8.89. The highest BCUT2D eigenvalue weighted by Gasteiger charge is 2.31. The van der Waals surface area contributed by atoms with Gasteiger partial charge in [-0.05, 0) is 62.0 Å². The molecule has 3 aromatic rings. The molecular formula is C26H33N3O6S. The Hall–Kier alpha value is -3.21. The maximum absolute atomic E-state index is 12.8. The molecule has 0 saturated carbocycles. The lowest BCUT2D eigenvalue weighted by molar-refractivity contribution is -0.168. The molecule has 2 aromatic carbocycles. The van der Waals surface area contributed by atoms with Gasteiger partial charge in [-0.3, -0.25) is 4.79 Å². The fourth-order valence-electron chi connectivity index (χ4n) is 3.30. The molecule has 36 heavy (non-hydrogen) atoms. The molecule has 0 fully saturated rings. The Labute approximate surface area is 212 Å². The lowest BCUT2D eigenvalue weighted by Crippen LogP contribution is -2.45. The molecular weight excluding hydrogens is 482 g/mol. The van der Waals surface area contributed by atoms with Crippen molar-refractivity contribution < 1.29 is 27.2 Å². The monoisotopic (exact) mass is 515 g/mol. The van der Waals surface area contributed by atoms with Crippen LogP contribution in [0.15, 0.2) is 52.9 Å². The summed E-state index contributed by atoms with van der Waals surface area (Å²) in [6.07, 6.45) is 0.572. The number of oxazole rings is 1. The number of hydrogen-bond donors (Lipinski definition) is 0. The zero-order chi connectivity index (χ0) is 26.5. The first-order chi connectivity index (χ1) is 17.0. The van der Waals surface area contributed by atoms with Gasteiger partial charge in [-0.2, -0.15) is 12.7 Å². The lowest BCUT2D eigenvalue weighted by Gasteiger charge is -2.28. The molecule has 0 aliphatic heterocycles. The van der Waals surface area contributed by atoms with Crippen LogP contribution >= 0.6 is 0 Å². The normalized spacial score (nSPS) is 11.9. The molecule has 0 aliphatic rings. The number of nitrogens with zero attached hydrogens (tertiary/aromatic N) is 3. The van der Waals surface area contributed by atoms with Gasteiger partial charge in [-0.25, -0.2) is 4.98 Å². The molecule has 0 saturated heterocycles. The molecule has 0 aliphatic carbocycles. The quantitative estimate of drug-likeness (QED) is 0.348. The number of ether oxygens (including phenoxy) is 1. The zero-order valence-electron chi connectivity index (χ0n) is 21.5. The Morgan fingerprint density at radius 3 is 2.28 bits per heavy atom. The molecule has 1 heterocycles.